The first-order valence-electron chi connectivity index (χ1n) is 9.98. The van der Waals surface area contributed by atoms with Gasteiger partial charge in [0.25, 0.3) is 5.56 Å². The van der Waals surface area contributed by atoms with E-state index in [1.807, 2.05) is 29.7 Å². The first kappa shape index (κ1) is 19.1. The summed E-state index contributed by atoms with van der Waals surface area (Å²) in [6.07, 6.45) is 3.29. The molecule has 1 aliphatic rings. The molecule has 1 aliphatic heterocycles. The van der Waals surface area contributed by atoms with Crippen molar-refractivity contribution < 1.29 is 0 Å². The van der Waals surface area contributed by atoms with E-state index in [9.17, 15) is 4.79 Å². The van der Waals surface area contributed by atoms with E-state index in [4.69, 9.17) is 4.98 Å². The van der Waals surface area contributed by atoms with Crippen LogP contribution in [0.5, 0.6) is 0 Å². The van der Waals surface area contributed by atoms with Gasteiger partial charge in [0.15, 0.2) is 0 Å². The van der Waals surface area contributed by atoms with Crippen LogP contribution >= 0.6 is 0 Å². The lowest BCUT2D eigenvalue weighted by atomic mass is 10.1. The Bertz CT molecular complexity index is 813. The summed E-state index contributed by atoms with van der Waals surface area (Å²) in [5.74, 6) is 0.946. The van der Waals surface area contributed by atoms with E-state index < -0.39 is 0 Å². The van der Waals surface area contributed by atoms with Crippen LogP contribution < -0.4 is 5.56 Å². The lowest BCUT2D eigenvalue weighted by Gasteiger charge is -2.31. The monoisotopic (exact) mass is 356 g/mol. The Hall–Kier alpha value is -1.72. The largest absolute Gasteiger partial charge is 0.305 e. The second-order valence-electron chi connectivity index (χ2n) is 7.54. The van der Waals surface area contributed by atoms with Gasteiger partial charge in [0.1, 0.15) is 5.82 Å². The van der Waals surface area contributed by atoms with E-state index >= 15 is 0 Å². The van der Waals surface area contributed by atoms with Crippen molar-refractivity contribution in [1.82, 2.24) is 19.4 Å². The van der Waals surface area contributed by atoms with Crippen molar-refractivity contribution in [3.8, 4) is 0 Å². The minimum absolute atomic E-state index is 0.0977. The zero-order valence-electron chi connectivity index (χ0n) is 16.7. The van der Waals surface area contributed by atoms with E-state index in [-0.39, 0.29) is 11.6 Å². The number of nitrogens with zero attached hydrogens (tertiary/aromatic N) is 4. The van der Waals surface area contributed by atoms with Gasteiger partial charge >= 0.3 is 0 Å². The number of likely N-dealkylation sites (N-methyl/N-ethyl adjacent to an activating group) is 1. The van der Waals surface area contributed by atoms with Crippen molar-refractivity contribution in [1.29, 1.82) is 0 Å². The number of hydrogen-bond acceptors (Lipinski definition) is 4. The van der Waals surface area contributed by atoms with Gasteiger partial charge in [-0.05, 0) is 58.0 Å². The molecular formula is C21H32N4O. The third-order valence-electron chi connectivity index (χ3n) is 5.51. The highest BCUT2D eigenvalue weighted by Gasteiger charge is 2.26. The van der Waals surface area contributed by atoms with Gasteiger partial charge in [0.2, 0.25) is 0 Å². The molecule has 2 aromatic rings. The molecule has 5 nitrogen and oxygen atoms in total. The molecule has 1 fully saturated rings. The summed E-state index contributed by atoms with van der Waals surface area (Å²) in [4.78, 5) is 23.1. The predicted octanol–water partition coefficient (Wildman–Crippen LogP) is 3.20. The number of hydrogen-bond donors (Lipinski definition) is 0. The maximum Gasteiger partial charge on any atom is 0.261 e. The molecule has 142 valence electrons. The first-order valence-corrected chi connectivity index (χ1v) is 9.98. The summed E-state index contributed by atoms with van der Waals surface area (Å²) < 4.78 is 1.90. The van der Waals surface area contributed by atoms with Crippen molar-refractivity contribution >= 4 is 10.9 Å². The molecular weight excluding hydrogens is 324 g/mol. The molecule has 2 heterocycles. The highest BCUT2D eigenvalue weighted by molar-refractivity contribution is 5.78. The lowest BCUT2D eigenvalue weighted by molar-refractivity contribution is 0.180. The average molecular weight is 357 g/mol. The van der Waals surface area contributed by atoms with Gasteiger partial charge in [-0.2, -0.15) is 0 Å². The Morgan fingerprint density at radius 3 is 2.69 bits per heavy atom. The van der Waals surface area contributed by atoms with Crippen LogP contribution in [-0.4, -0.2) is 52.6 Å². The van der Waals surface area contributed by atoms with Crippen LogP contribution in [0.2, 0.25) is 0 Å². The molecule has 1 atom stereocenters. The first-order chi connectivity index (χ1) is 12.5. The van der Waals surface area contributed by atoms with Crippen molar-refractivity contribution in [2.75, 3.05) is 33.2 Å². The van der Waals surface area contributed by atoms with Gasteiger partial charge in [-0.3, -0.25) is 14.3 Å². The SMILES string of the molecule is CCCC(c1nc2cc(C)ccc2c(=O)n1CC)N1CCCN(C)CC1. The van der Waals surface area contributed by atoms with Gasteiger partial charge in [-0.25, -0.2) is 4.98 Å². The quantitative estimate of drug-likeness (QED) is 0.825. The van der Waals surface area contributed by atoms with Crippen molar-refractivity contribution in [3.05, 3.63) is 39.9 Å². The van der Waals surface area contributed by atoms with Crippen molar-refractivity contribution in [3.63, 3.8) is 0 Å². The van der Waals surface area contributed by atoms with Gasteiger partial charge < -0.3 is 4.90 Å². The summed E-state index contributed by atoms with van der Waals surface area (Å²) in [6, 6.07) is 6.17. The molecule has 0 bridgehead atoms. The molecule has 3 rings (SSSR count). The number of aryl methyl sites for hydroxylation is 1. The van der Waals surface area contributed by atoms with Crippen LogP contribution in [0.3, 0.4) is 0 Å². The molecule has 0 N–H and O–H groups in total. The molecule has 0 radical (unpaired) electrons. The van der Waals surface area contributed by atoms with Crippen LogP contribution in [0.1, 0.15) is 50.5 Å². The number of aromatic nitrogens is 2. The maximum atomic E-state index is 13.1. The average Bonchev–Trinajstić information content (AvgIpc) is 2.84. The fourth-order valence-corrected chi connectivity index (χ4v) is 4.03. The van der Waals surface area contributed by atoms with E-state index in [1.54, 1.807) is 0 Å². The smallest absolute Gasteiger partial charge is 0.261 e. The molecule has 0 spiro atoms. The van der Waals surface area contributed by atoms with E-state index in [0.717, 1.165) is 61.3 Å². The molecule has 1 aromatic carbocycles. The molecule has 5 heteroatoms. The fourth-order valence-electron chi connectivity index (χ4n) is 4.03. The lowest BCUT2D eigenvalue weighted by Crippen LogP contribution is -2.37. The summed E-state index contributed by atoms with van der Waals surface area (Å²) in [6.45, 7) is 11.3. The second kappa shape index (κ2) is 8.31. The fraction of sp³-hybridized carbons (Fsp3) is 0.619. The molecule has 0 saturated carbocycles. The van der Waals surface area contributed by atoms with Crippen molar-refractivity contribution in [2.45, 2.75) is 52.6 Å². The Morgan fingerprint density at radius 2 is 1.96 bits per heavy atom. The summed E-state index contributed by atoms with van der Waals surface area (Å²) in [5, 5.41) is 0.729. The van der Waals surface area contributed by atoms with Gasteiger partial charge in [0, 0.05) is 26.2 Å². The van der Waals surface area contributed by atoms with Gasteiger partial charge in [-0.15, -0.1) is 0 Å². The number of benzene rings is 1. The van der Waals surface area contributed by atoms with E-state index in [2.05, 4.69) is 30.7 Å². The highest BCUT2D eigenvalue weighted by atomic mass is 16.1. The summed E-state index contributed by atoms with van der Waals surface area (Å²) >= 11 is 0. The maximum absolute atomic E-state index is 13.1. The third-order valence-corrected chi connectivity index (χ3v) is 5.51. The number of rotatable bonds is 5. The Balaban J connectivity index is 2.10. The summed E-state index contributed by atoms with van der Waals surface area (Å²) in [5.41, 5.74) is 2.08. The Kier molecular flexibility index (Phi) is 6.09. The molecule has 0 amide bonds. The van der Waals surface area contributed by atoms with Crippen LogP contribution in [-0.2, 0) is 6.54 Å². The summed E-state index contributed by atoms with van der Waals surface area (Å²) in [7, 11) is 2.19. The number of fused-ring (bicyclic) bond motifs is 1. The Labute approximate surface area is 156 Å². The highest BCUT2D eigenvalue weighted by Crippen LogP contribution is 2.26. The van der Waals surface area contributed by atoms with Gasteiger partial charge in [0.05, 0.1) is 16.9 Å². The van der Waals surface area contributed by atoms with Gasteiger partial charge in [-0.1, -0.05) is 19.4 Å². The standard InChI is InChI=1S/C21H32N4O/c1-5-8-19(24-12-7-11-23(4)13-14-24)20-22-18-15-16(3)9-10-17(18)21(26)25(20)6-2/h9-10,15,19H,5-8,11-14H2,1-4H3. The van der Waals surface area contributed by atoms with Crippen molar-refractivity contribution in [2.24, 2.45) is 0 Å². The van der Waals surface area contributed by atoms with Crippen LogP contribution in [0.4, 0.5) is 0 Å². The van der Waals surface area contributed by atoms with Crippen LogP contribution in [0.15, 0.2) is 23.0 Å². The molecule has 1 aromatic heterocycles. The zero-order chi connectivity index (χ0) is 18.7. The van der Waals surface area contributed by atoms with Crippen LogP contribution in [0.25, 0.3) is 10.9 Å². The topological polar surface area (TPSA) is 41.4 Å². The third kappa shape index (κ3) is 3.84. The molecule has 26 heavy (non-hydrogen) atoms. The minimum Gasteiger partial charge on any atom is -0.305 e. The van der Waals surface area contributed by atoms with E-state index in [1.165, 1.54) is 6.42 Å². The Morgan fingerprint density at radius 1 is 1.15 bits per heavy atom. The minimum atomic E-state index is 0.0977. The molecule has 1 saturated heterocycles. The molecule has 0 aliphatic carbocycles. The normalized spacial score (nSPS) is 18.2. The molecule has 1 unspecified atom stereocenters. The second-order valence-corrected chi connectivity index (χ2v) is 7.54. The zero-order valence-corrected chi connectivity index (χ0v) is 16.7. The van der Waals surface area contributed by atoms with Crippen LogP contribution in [0, 0.1) is 6.92 Å². The predicted molar refractivity (Wildman–Crippen MR) is 108 cm³/mol. The van der Waals surface area contributed by atoms with E-state index in [0.29, 0.717) is 6.54 Å².